The van der Waals surface area contributed by atoms with Crippen LogP contribution in [-0.2, 0) is 10.0 Å². The monoisotopic (exact) mass is 329 g/mol. The minimum absolute atomic E-state index is 0.188. The average Bonchev–Trinajstić information content (AvgIpc) is 3.08. The lowest BCUT2D eigenvalue weighted by molar-refractivity contribution is 0.567. The summed E-state index contributed by atoms with van der Waals surface area (Å²) in [5.41, 5.74) is 1.71. The van der Waals surface area contributed by atoms with Crippen LogP contribution in [0.25, 0.3) is 0 Å². The third-order valence-corrected chi connectivity index (χ3v) is 4.80. The molecule has 0 radical (unpaired) electrons. The van der Waals surface area contributed by atoms with Crippen molar-refractivity contribution in [3.05, 3.63) is 71.5 Å². The lowest BCUT2D eigenvalue weighted by Gasteiger charge is -2.16. The van der Waals surface area contributed by atoms with Crippen molar-refractivity contribution in [1.82, 2.24) is 25.3 Å². The van der Waals surface area contributed by atoms with Gasteiger partial charge in [-0.15, -0.1) is 10.2 Å². The number of rotatable bonds is 5. The summed E-state index contributed by atoms with van der Waals surface area (Å²) in [5, 5.41) is 13.7. The molecule has 0 aliphatic rings. The van der Waals surface area contributed by atoms with Crippen molar-refractivity contribution in [1.29, 1.82) is 0 Å². The number of tetrazole rings is 1. The summed E-state index contributed by atoms with van der Waals surface area (Å²) < 4.78 is 27.9. The van der Waals surface area contributed by atoms with Crippen LogP contribution in [0.2, 0.25) is 0 Å². The minimum atomic E-state index is -3.72. The van der Waals surface area contributed by atoms with Crippen molar-refractivity contribution in [2.45, 2.75) is 17.9 Å². The summed E-state index contributed by atoms with van der Waals surface area (Å²) in [4.78, 5) is 0.188. The summed E-state index contributed by atoms with van der Waals surface area (Å²) in [6, 6.07) is 15.0. The number of aromatic amines is 1. The molecule has 1 atom stereocenters. The van der Waals surface area contributed by atoms with Crippen molar-refractivity contribution in [3.63, 3.8) is 0 Å². The number of nitrogens with one attached hydrogen (secondary N) is 2. The molecule has 118 valence electrons. The summed E-state index contributed by atoms with van der Waals surface area (Å²) in [5.74, 6) is 0.256. The lowest BCUT2D eigenvalue weighted by Crippen LogP contribution is -2.30. The van der Waals surface area contributed by atoms with Gasteiger partial charge in [-0.3, -0.25) is 0 Å². The Bertz CT molecular complexity index is 862. The highest BCUT2D eigenvalue weighted by Gasteiger charge is 2.25. The van der Waals surface area contributed by atoms with E-state index in [-0.39, 0.29) is 10.7 Å². The smallest absolute Gasteiger partial charge is 0.207 e. The van der Waals surface area contributed by atoms with E-state index in [0.29, 0.717) is 0 Å². The third-order valence-electron chi connectivity index (χ3n) is 3.36. The van der Waals surface area contributed by atoms with E-state index in [1.807, 2.05) is 25.1 Å². The molecule has 0 unspecified atom stereocenters. The predicted molar refractivity (Wildman–Crippen MR) is 84.0 cm³/mol. The fourth-order valence-electron chi connectivity index (χ4n) is 2.15. The van der Waals surface area contributed by atoms with Crippen LogP contribution in [0, 0.1) is 6.92 Å². The summed E-state index contributed by atoms with van der Waals surface area (Å²) >= 11 is 0. The first-order valence-electron chi connectivity index (χ1n) is 6.93. The molecule has 2 N–H and O–H groups in total. The van der Waals surface area contributed by atoms with Crippen LogP contribution in [0.5, 0.6) is 0 Å². The Morgan fingerprint density at radius 2 is 1.74 bits per heavy atom. The molecule has 8 heteroatoms. The number of benzene rings is 2. The van der Waals surface area contributed by atoms with Gasteiger partial charge in [-0.2, -0.15) is 9.94 Å². The zero-order valence-corrected chi connectivity index (χ0v) is 13.2. The van der Waals surface area contributed by atoms with E-state index in [2.05, 4.69) is 25.3 Å². The molecule has 0 aliphatic carbocycles. The van der Waals surface area contributed by atoms with Crippen molar-refractivity contribution in [3.8, 4) is 0 Å². The zero-order chi connectivity index (χ0) is 16.3. The van der Waals surface area contributed by atoms with E-state index in [1.165, 1.54) is 0 Å². The molecular weight excluding hydrogens is 314 g/mol. The maximum Gasteiger partial charge on any atom is 0.241 e. The summed E-state index contributed by atoms with van der Waals surface area (Å²) in [6.45, 7) is 1.90. The van der Waals surface area contributed by atoms with Gasteiger partial charge in [0, 0.05) is 0 Å². The molecule has 0 saturated heterocycles. The highest BCUT2D eigenvalue weighted by atomic mass is 32.2. The number of sulfonamides is 1. The SMILES string of the molecule is Cc1ccc(S(=O)(=O)N[C@@H](c2ccccc2)c2nn[nH]n2)cc1. The number of hydrogen-bond acceptors (Lipinski definition) is 5. The fourth-order valence-corrected chi connectivity index (χ4v) is 3.33. The number of H-pyrrole nitrogens is 1. The Labute approximate surface area is 133 Å². The van der Waals surface area contributed by atoms with Gasteiger partial charge in [-0.05, 0) is 24.6 Å². The van der Waals surface area contributed by atoms with Crippen LogP contribution in [0.15, 0.2) is 59.5 Å². The lowest BCUT2D eigenvalue weighted by atomic mass is 10.1. The van der Waals surface area contributed by atoms with Gasteiger partial charge in [0.15, 0.2) is 5.82 Å². The quantitative estimate of drug-likeness (QED) is 0.740. The molecule has 0 fully saturated rings. The second-order valence-electron chi connectivity index (χ2n) is 5.05. The molecule has 0 bridgehead atoms. The zero-order valence-electron chi connectivity index (χ0n) is 12.3. The number of nitrogens with zero attached hydrogens (tertiary/aromatic N) is 3. The van der Waals surface area contributed by atoms with Gasteiger partial charge < -0.3 is 0 Å². The molecule has 23 heavy (non-hydrogen) atoms. The number of aryl methyl sites for hydroxylation is 1. The third kappa shape index (κ3) is 3.43. The van der Waals surface area contributed by atoms with Gasteiger partial charge in [0.05, 0.1) is 4.90 Å². The number of aromatic nitrogens is 4. The highest BCUT2D eigenvalue weighted by molar-refractivity contribution is 7.89. The highest BCUT2D eigenvalue weighted by Crippen LogP contribution is 2.21. The Balaban J connectivity index is 1.97. The van der Waals surface area contributed by atoms with Crippen molar-refractivity contribution < 1.29 is 8.42 Å². The van der Waals surface area contributed by atoms with Crippen LogP contribution in [-0.4, -0.2) is 29.0 Å². The molecule has 0 aliphatic heterocycles. The van der Waals surface area contributed by atoms with Gasteiger partial charge in [0.2, 0.25) is 10.0 Å². The molecule has 0 saturated carbocycles. The Morgan fingerprint density at radius 1 is 1.04 bits per heavy atom. The van der Waals surface area contributed by atoms with E-state index in [9.17, 15) is 8.42 Å². The first-order chi connectivity index (χ1) is 11.1. The van der Waals surface area contributed by atoms with E-state index >= 15 is 0 Å². The Kier molecular flexibility index (Phi) is 4.18. The molecule has 7 nitrogen and oxygen atoms in total. The topological polar surface area (TPSA) is 101 Å². The van der Waals surface area contributed by atoms with Crippen LogP contribution >= 0.6 is 0 Å². The largest absolute Gasteiger partial charge is 0.241 e. The first kappa shape index (κ1) is 15.3. The predicted octanol–water partition coefficient (Wildman–Crippen LogP) is 1.58. The van der Waals surface area contributed by atoms with Gasteiger partial charge >= 0.3 is 0 Å². The molecule has 1 aromatic heterocycles. The molecule has 0 spiro atoms. The van der Waals surface area contributed by atoms with Crippen LogP contribution < -0.4 is 4.72 Å². The molecular formula is C15H15N5O2S. The standard InChI is InChI=1S/C15H15N5O2S/c1-11-7-9-13(10-8-11)23(21,22)18-14(15-16-19-20-17-15)12-5-3-2-4-6-12/h2-10,14,18H,1H3,(H,16,17,19,20)/t14-/m0/s1. The maximum atomic E-state index is 12.6. The van der Waals surface area contributed by atoms with Gasteiger partial charge in [-0.1, -0.05) is 53.2 Å². The van der Waals surface area contributed by atoms with Gasteiger partial charge in [-0.25, -0.2) is 8.42 Å². The Morgan fingerprint density at radius 3 is 2.35 bits per heavy atom. The van der Waals surface area contributed by atoms with Crippen molar-refractivity contribution >= 4 is 10.0 Å². The van der Waals surface area contributed by atoms with Crippen LogP contribution in [0.3, 0.4) is 0 Å². The average molecular weight is 329 g/mol. The number of hydrogen-bond donors (Lipinski definition) is 2. The van der Waals surface area contributed by atoms with E-state index in [4.69, 9.17) is 0 Å². The van der Waals surface area contributed by atoms with Crippen molar-refractivity contribution in [2.75, 3.05) is 0 Å². The molecule has 3 rings (SSSR count). The first-order valence-corrected chi connectivity index (χ1v) is 8.42. The van der Waals surface area contributed by atoms with Crippen molar-refractivity contribution in [2.24, 2.45) is 0 Å². The van der Waals surface area contributed by atoms with Gasteiger partial charge in [0.25, 0.3) is 0 Å². The minimum Gasteiger partial charge on any atom is -0.207 e. The van der Waals surface area contributed by atoms with E-state index in [0.717, 1.165) is 11.1 Å². The van der Waals surface area contributed by atoms with E-state index in [1.54, 1.807) is 36.4 Å². The second-order valence-corrected chi connectivity index (χ2v) is 6.76. The molecule has 1 heterocycles. The maximum absolute atomic E-state index is 12.6. The second kappa shape index (κ2) is 6.27. The van der Waals surface area contributed by atoms with Crippen LogP contribution in [0.1, 0.15) is 23.0 Å². The Hall–Kier alpha value is -2.58. The van der Waals surface area contributed by atoms with Gasteiger partial charge in [0.1, 0.15) is 6.04 Å². The van der Waals surface area contributed by atoms with E-state index < -0.39 is 16.1 Å². The normalized spacial score (nSPS) is 12.9. The molecule has 2 aromatic carbocycles. The van der Waals surface area contributed by atoms with Crippen LogP contribution in [0.4, 0.5) is 0 Å². The summed E-state index contributed by atoms with van der Waals surface area (Å²) in [7, 11) is -3.72. The summed E-state index contributed by atoms with van der Waals surface area (Å²) in [6.07, 6.45) is 0. The fraction of sp³-hybridized carbons (Fsp3) is 0.133. The molecule has 0 amide bonds. The molecule has 3 aromatic rings.